The molecular weight excluding hydrogens is 334 g/mol. The van der Waals surface area contributed by atoms with Crippen molar-refractivity contribution >= 4 is 17.2 Å². The fraction of sp³-hybridized carbons (Fsp3) is 0.474. The van der Waals surface area contributed by atoms with Crippen LogP contribution in [0.5, 0.6) is 5.88 Å². The molecule has 2 saturated heterocycles. The van der Waals surface area contributed by atoms with Crippen LogP contribution in [0.3, 0.4) is 0 Å². The average Bonchev–Trinajstić information content (AvgIpc) is 3.30. The van der Waals surface area contributed by atoms with Gasteiger partial charge in [0.15, 0.2) is 0 Å². The first-order chi connectivity index (χ1) is 12.2. The van der Waals surface area contributed by atoms with Gasteiger partial charge >= 0.3 is 0 Å². The predicted molar refractivity (Wildman–Crippen MR) is 97.6 cm³/mol. The van der Waals surface area contributed by atoms with Gasteiger partial charge in [0.25, 0.3) is 0 Å². The Hall–Kier alpha value is -1.92. The third-order valence-electron chi connectivity index (χ3n) is 5.37. The van der Waals surface area contributed by atoms with Gasteiger partial charge in [-0.1, -0.05) is 6.07 Å². The molecule has 1 N–H and O–H groups in total. The minimum absolute atomic E-state index is 0.187. The molecule has 0 aliphatic carbocycles. The quantitative estimate of drug-likeness (QED) is 0.893. The van der Waals surface area contributed by atoms with E-state index < -0.39 is 0 Å². The molecule has 2 fully saturated rings. The van der Waals surface area contributed by atoms with E-state index in [0.29, 0.717) is 19.0 Å². The van der Waals surface area contributed by atoms with E-state index in [1.807, 2.05) is 29.5 Å². The number of hydrogen-bond acceptors (Lipinski definition) is 5. The van der Waals surface area contributed by atoms with E-state index in [0.717, 1.165) is 26.1 Å². The minimum Gasteiger partial charge on any atom is -0.477 e. The summed E-state index contributed by atoms with van der Waals surface area (Å²) in [5, 5.41) is 3.06. The molecule has 0 aromatic carbocycles. The van der Waals surface area contributed by atoms with Crippen LogP contribution in [0.2, 0.25) is 0 Å². The SMILES string of the molecule is Cc1ccc(CN2CC[C@]3(C2)C(=O)NC[C@@H]3COc2ccccn2)s1. The second-order valence-corrected chi connectivity index (χ2v) is 8.39. The number of hydrogen-bond donors (Lipinski definition) is 1. The highest BCUT2D eigenvalue weighted by molar-refractivity contribution is 7.11. The van der Waals surface area contributed by atoms with E-state index in [1.165, 1.54) is 9.75 Å². The van der Waals surface area contributed by atoms with E-state index in [9.17, 15) is 4.79 Å². The Morgan fingerprint density at radius 1 is 1.40 bits per heavy atom. The van der Waals surface area contributed by atoms with Crippen molar-refractivity contribution in [2.45, 2.75) is 19.9 Å². The number of carbonyl (C=O) groups is 1. The van der Waals surface area contributed by atoms with Crippen LogP contribution in [0.1, 0.15) is 16.2 Å². The van der Waals surface area contributed by atoms with Gasteiger partial charge in [0, 0.05) is 47.6 Å². The van der Waals surface area contributed by atoms with Crippen LogP contribution in [0.15, 0.2) is 36.5 Å². The van der Waals surface area contributed by atoms with Gasteiger partial charge in [-0.05, 0) is 38.1 Å². The third kappa shape index (κ3) is 3.28. The first-order valence-corrected chi connectivity index (χ1v) is 9.57. The van der Waals surface area contributed by atoms with Gasteiger partial charge in [-0.2, -0.15) is 0 Å². The molecule has 132 valence electrons. The zero-order chi connectivity index (χ0) is 17.3. The van der Waals surface area contributed by atoms with Gasteiger partial charge < -0.3 is 10.1 Å². The van der Waals surface area contributed by atoms with Crippen molar-refractivity contribution in [3.8, 4) is 5.88 Å². The lowest BCUT2D eigenvalue weighted by molar-refractivity contribution is -0.128. The summed E-state index contributed by atoms with van der Waals surface area (Å²) < 4.78 is 5.86. The van der Waals surface area contributed by atoms with Crippen LogP contribution in [0.25, 0.3) is 0 Å². The molecule has 0 bridgehead atoms. The number of ether oxygens (including phenoxy) is 1. The molecule has 2 atom stereocenters. The number of thiophene rings is 1. The summed E-state index contributed by atoms with van der Waals surface area (Å²) >= 11 is 1.84. The highest BCUT2D eigenvalue weighted by atomic mass is 32.1. The molecule has 0 unspecified atom stereocenters. The average molecular weight is 357 g/mol. The topological polar surface area (TPSA) is 54.5 Å². The number of likely N-dealkylation sites (tertiary alicyclic amines) is 1. The second-order valence-electron chi connectivity index (χ2n) is 7.02. The fourth-order valence-electron chi connectivity index (χ4n) is 3.97. The second kappa shape index (κ2) is 6.77. The molecule has 0 radical (unpaired) electrons. The van der Waals surface area contributed by atoms with E-state index >= 15 is 0 Å². The molecule has 2 aliphatic rings. The minimum atomic E-state index is -0.318. The zero-order valence-electron chi connectivity index (χ0n) is 14.4. The van der Waals surface area contributed by atoms with E-state index in [1.54, 1.807) is 6.20 Å². The van der Waals surface area contributed by atoms with Crippen LogP contribution in [0, 0.1) is 18.3 Å². The molecule has 4 heterocycles. The number of pyridine rings is 1. The van der Waals surface area contributed by atoms with E-state index in [-0.39, 0.29) is 17.2 Å². The number of nitrogens with zero attached hydrogens (tertiary/aromatic N) is 2. The maximum absolute atomic E-state index is 12.6. The monoisotopic (exact) mass is 357 g/mol. The highest BCUT2D eigenvalue weighted by Crippen LogP contribution is 2.42. The first kappa shape index (κ1) is 16.5. The molecule has 2 aromatic heterocycles. The zero-order valence-corrected chi connectivity index (χ0v) is 15.2. The summed E-state index contributed by atoms with van der Waals surface area (Å²) in [5.74, 6) is 1.00. The summed E-state index contributed by atoms with van der Waals surface area (Å²) in [6, 6.07) is 10.0. The van der Waals surface area contributed by atoms with Crippen molar-refractivity contribution < 1.29 is 9.53 Å². The van der Waals surface area contributed by atoms with E-state index in [4.69, 9.17) is 4.74 Å². The number of nitrogens with one attached hydrogen (secondary N) is 1. The van der Waals surface area contributed by atoms with Gasteiger partial charge in [0.05, 0.1) is 12.0 Å². The van der Waals surface area contributed by atoms with Crippen molar-refractivity contribution in [2.75, 3.05) is 26.2 Å². The molecule has 2 aromatic rings. The van der Waals surface area contributed by atoms with Gasteiger partial charge in [-0.25, -0.2) is 4.98 Å². The Bertz CT molecular complexity index is 748. The molecule has 1 amide bonds. The maximum Gasteiger partial charge on any atom is 0.228 e. The molecule has 0 saturated carbocycles. The number of rotatable bonds is 5. The lowest BCUT2D eigenvalue weighted by Crippen LogP contribution is -2.40. The molecule has 5 nitrogen and oxygen atoms in total. The van der Waals surface area contributed by atoms with Crippen molar-refractivity contribution in [3.63, 3.8) is 0 Å². The summed E-state index contributed by atoms with van der Waals surface area (Å²) in [7, 11) is 0. The first-order valence-electron chi connectivity index (χ1n) is 8.75. The van der Waals surface area contributed by atoms with Crippen LogP contribution in [-0.4, -0.2) is 42.0 Å². The Labute approximate surface area is 152 Å². The maximum atomic E-state index is 12.6. The Kier molecular flexibility index (Phi) is 4.48. The largest absolute Gasteiger partial charge is 0.477 e. The smallest absolute Gasteiger partial charge is 0.228 e. The van der Waals surface area contributed by atoms with Crippen molar-refractivity contribution in [1.29, 1.82) is 0 Å². The summed E-state index contributed by atoms with van der Waals surface area (Å²) in [4.78, 5) is 21.9. The molecule has 4 rings (SSSR count). The fourth-order valence-corrected chi connectivity index (χ4v) is 4.90. The summed E-state index contributed by atoms with van der Waals surface area (Å²) in [5.41, 5.74) is -0.318. The highest BCUT2D eigenvalue weighted by Gasteiger charge is 2.54. The molecule has 6 heteroatoms. The number of carbonyl (C=O) groups excluding carboxylic acids is 1. The molecule has 2 aliphatic heterocycles. The summed E-state index contributed by atoms with van der Waals surface area (Å²) in [6.07, 6.45) is 2.63. The van der Waals surface area contributed by atoms with E-state index in [2.05, 4.69) is 34.3 Å². The normalized spacial score (nSPS) is 26.3. The van der Waals surface area contributed by atoms with Crippen LogP contribution < -0.4 is 10.1 Å². The van der Waals surface area contributed by atoms with Crippen molar-refractivity contribution in [3.05, 3.63) is 46.3 Å². The van der Waals surface area contributed by atoms with Gasteiger partial charge in [0.2, 0.25) is 11.8 Å². The summed E-state index contributed by atoms with van der Waals surface area (Å²) in [6.45, 7) is 6.06. The van der Waals surface area contributed by atoms with Crippen LogP contribution in [0.4, 0.5) is 0 Å². The number of aromatic nitrogens is 1. The van der Waals surface area contributed by atoms with Crippen molar-refractivity contribution in [2.24, 2.45) is 11.3 Å². The lowest BCUT2D eigenvalue weighted by atomic mass is 9.77. The van der Waals surface area contributed by atoms with Gasteiger partial charge in [-0.15, -0.1) is 11.3 Å². The Morgan fingerprint density at radius 3 is 3.08 bits per heavy atom. The standard InChI is InChI=1S/C19H23N3O2S/c1-14-5-6-16(25-14)11-22-9-7-19(13-22)15(10-21-18(19)23)12-24-17-4-2-3-8-20-17/h2-6,8,15H,7,9-13H2,1H3,(H,21,23)/t15-,19-/m1/s1. The number of amides is 1. The van der Waals surface area contributed by atoms with Gasteiger partial charge in [-0.3, -0.25) is 9.69 Å². The molecular formula is C19H23N3O2S. The van der Waals surface area contributed by atoms with Crippen LogP contribution >= 0.6 is 11.3 Å². The Morgan fingerprint density at radius 2 is 2.32 bits per heavy atom. The Balaban J connectivity index is 1.42. The molecule has 25 heavy (non-hydrogen) atoms. The predicted octanol–water partition coefficient (Wildman–Crippen LogP) is 2.47. The third-order valence-corrected chi connectivity index (χ3v) is 6.35. The molecule has 1 spiro atoms. The van der Waals surface area contributed by atoms with Crippen molar-refractivity contribution in [1.82, 2.24) is 15.2 Å². The van der Waals surface area contributed by atoms with Crippen LogP contribution in [-0.2, 0) is 11.3 Å². The lowest BCUT2D eigenvalue weighted by Gasteiger charge is -2.28. The van der Waals surface area contributed by atoms with Gasteiger partial charge in [0.1, 0.15) is 0 Å². The number of aryl methyl sites for hydroxylation is 1.